The van der Waals surface area contributed by atoms with E-state index in [4.69, 9.17) is 10.5 Å². The van der Waals surface area contributed by atoms with Crippen LogP contribution < -0.4 is 15.8 Å². The maximum Gasteiger partial charge on any atom is 0.248 e. The van der Waals surface area contributed by atoms with E-state index in [9.17, 15) is 4.39 Å². The van der Waals surface area contributed by atoms with Gasteiger partial charge in [0.1, 0.15) is 0 Å². The number of hydrogen-bond donors (Lipinski definition) is 2. The van der Waals surface area contributed by atoms with E-state index >= 15 is 0 Å². The molecule has 0 bridgehead atoms. The maximum absolute atomic E-state index is 13.8. The van der Waals surface area contributed by atoms with Crippen molar-refractivity contribution in [1.82, 2.24) is 19.7 Å². The first-order valence-corrected chi connectivity index (χ1v) is 8.15. The van der Waals surface area contributed by atoms with Gasteiger partial charge in [-0.2, -0.15) is 9.67 Å². The van der Waals surface area contributed by atoms with Gasteiger partial charge < -0.3 is 15.8 Å². The number of methoxy groups -OCH3 is 1. The Morgan fingerprint density at radius 1 is 1.20 bits per heavy atom. The molecule has 4 aromatic rings. The third-order valence-electron chi connectivity index (χ3n) is 3.50. The van der Waals surface area contributed by atoms with Crippen molar-refractivity contribution in [2.75, 3.05) is 18.2 Å². The number of benzene rings is 2. The van der Waals surface area contributed by atoms with Crippen LogP contribution in [0.5, 0.6) is 5.75 Å². The van der Waals surface area contributed by atoms with Gasteiger partial charge in [-0.25, -0.2) is 9.37 Å². The summed E-state index contributed by atoms with van der Waals surface area (Å²) in [4.78, 5) is 8.65. The number of nitrogen functional groups attached to an aromatic ring is 1. The summed E-state index contributed by atoms with van der Waals surface area (Å²) in [7, 11) is 1.41. The molecule has 0 saturated heterocycles. The summed E-state index contributed by atoms with van der Waals surface area (Å²) in [5.74, 6) is 0.126. The zero-order chi connectivity index (χ0) is 17.4. The van der Waals surface area contributed by atoms with E-state index in [1.807, 2.05) is 24.3 Å². The molecule has 2 aromatic heterocycles. The molecule has 0 aliphatic heterocycles. The number of hydrogen-bond acceptors (Lipinski definition) is 7. The van der Waals surface area contributed by atoms with E-state index in [0.29, 0.717) is 10.8 Å². The number of anilines is 3. The van der Waals surface area contributed by atoms with Gasteiger partial charge in [-0.3, -0.25) is 0 Å². The molecule has 9 heteroatoms. The summed E-state index contributed by atoms with van der Waals surface area (Å²) in [5, 5.41) is 7.84. The summed E-state index contributed by atoms with van der Waals surface area (Å²) in [6.45, 7) is 0. The predicted octanol–water partition coefficient (Wildman–Crippen LogP) is 3.35. The van der Waals surface area contributed by atoms with Gasteiger partial charge in [0, 0.05) is 11.8 Å². The predicted molar refractivity (Wildman–Crippen MR) is 95.2 cm³/mol. The van der Waals surface area contributed by atoms with Crippen LogP contribution in [0.4, 0.5) is 22.0 Å². The first-order chi connectivity index (χ1) is 12.1. The molecule has 0 aliphatic carbocycles. The lowest BCUT2D eigenvalue weighted by Crippen LogP contribution is -2.01. The van der Waals surface area contributed by atoms with Crippen molar-refractivity contribution < 1.29 is 9.13 Å². The molecule has 3 N–H and O–H groups in total. The molecule has 0 unspecified atom stereocenters. The number of thiazole rings is 1. The van der Waals surface area contributed by atoms with Crippen molar-refractivity contribution in [2.24, 2.45) is 0 Å². The van der Waals surface area contributed by atoms with Gasteiger partial charge in [-0.15, -0.1) is 5.10 Å². The molecule has 0 amide bonds. The third-order valence-corrected chi connectivity index (χ3v) is 4.52. The second kappa shape index (κ2) is 6.02. The van der Waals surface area contributed by atoms with Crippen LogP contribution in [0.15, 0.2) is 42.5 Å². The minimum absolute atomic E-state index is 0.165. The van der Waals surface area contributed by atoms with Crippen molar-refractivity contribution in [3.63, 3.8) is 0 Å². The molecular formula is C16H13FN6OS. The lowest BCUT2D eigenvalue weighted by atomic mass is 10.3. The van der Waals surface area contributed by atoms with Crippen molar-refractivity contribution in [3.05, 3.63) is 48.3 Å². The van der Waals surface area contributed by atoms with Gasteiger partial charge >= 0.3 is 0 Å². The Kier molecular flexibility index (Phi) is 3.69. The second-order valence-corrected chi connectivity index (χ2v) is 6.15. The number of nitrogens with two attached hydrogens (primary N) is 1. The zero-order valence-corrected chi connectivity index (χ0v) is 13.9. The lowest BCUT2D eigenvalue weighted by Gasteiger charge is -2.05. The van der Waals surface area contributed by atoms with Crippen LogP contribution >= 0.6 is 11.3 Å². The van der Waals surface area contributed by atoms with Gasteiger partial charge in [-0.05, 0) is 24.3 Å². The fourth-order valence-electron chi connectivity index (χ4n) is 2.34. The minimum atomic E-state index is -0.480. The average Bonchev–Trinajstić information content (AvgIpc) is 3.18. The molecule has 0 saturated carbocycles. The SMILES string of the molecule is COc1ccc(Nc2nc(N)n(-c3nc4ccccc4s3)n2)cc1F. The number of nitrogens with zero attached hydrogens (tertiary/aromatic N) is 4. The first-order valence-electron chi connectivity index (χ1n) is 7.33. The van der Waals surface area contributed by atoms with Crippen molar-refractivity contribution in [1.29, 1.82) is 0 Å². The maximum atomic E-state index is 13.8. The summed E-state index contributed by atoms with van der Waals surface area (Å²) < 4.78 is 21.2. The standard InChI is InChI=1S/C16H13FN6OS/c1-24-12-7-6-9(8-10(12)17)19-15-21-14(18)23(22-15)16-20-11-4-2-3-5-13(11)25-16/h2-8H,1H3,(H3,18,19,21,22). The number of para-hydroxylation sites is 1. The van der Waals surface area contributed by atoms with Crippen LogP contribution in [-0.4, -0.2) is 26.9 Å². The monoisotopic (exact) mass is 356 g/mol. The largest absolute Gasteiger partial charge is 0.494 e. The van der Waals surface area contributed by atoms with E-state index in [2.05, 4.69) is 20.4 Å². The summed E-state index contributed by atoms with van der Waals surface area (Å²) in [6.07, 6.45) is 0. The number of rotatable bonds is 4. The van der Waals surface area contributed by atoms with Crippen LogP contribution in [0.3, 0.4) is 0 Å². The fourth-order valence-corrected chi connectivity index (χ4v) is 3.27. The molecule has 7 nitrogen and oxygen atoms in total. The number of ether oxygens (including phenoxy) is 1. The molecule has 0 radical (unpaired) electrons. The van der Waals surface area contributed by atoms with Gasteiger partial charge in [0.25, 0.3) is 0 Å². The van der Waals surface area contributed by atoms with E-state index in [0.717, 1.165) is 10.2 Å². The second-order valence-electron chi connectivity index (χ2n) is 5.14. The third kappa shape index (κ3) is 2.85. The Morgan fingerprint density at radius 3 is 2.80 bits per heavy atom. The summed E-state index contributed by atoms with van der Waals surface area (Å²) in [6, 6.07) is 12.2. The van der Waals surface area contributed by atoms with Crippen molar-refractivity contribution in [2.45, 2.75) is 0 Å². The van der Waals surface area contributed by atoms with E-state index in [1.165, 1.54) is 35.3 Å². The van der Waals surface area contributed by atoms with Crippen LogP contribution in [0.1, 0.15) is 0 Å². The Labute approximate surface area is 145 Å². The highest BCUT2D eigenvalue weighted by molar-refractivity contribution is 7.20. The van der Waals surface area contributed by atoms with Crippen molar-refractivity contribution in [3.8, 4) is 10.9 Å². The van der Waals surface area contributed by atoms with Crippen LogP contribution in [-0.2, 0) is 0 Å². The number of fused-ring (bicyclic) bond motifs is 1. The topological polar surface area (TPSA) is 90.9 Å². The smallest absolute Gasteiger partial charge is 0.248 e. The molecule has 0 fully saturated rings. The highest BCUT2D eigenvalue weighted by Gasteiger charge is 2.14. The van der Waals surface area contributed by atoms with E-state index in [-0.39, 0.29) is 17.6 Å². The zero-order valence-electron chi connectivity index (χ0n) is 13.1. The van der Waals surface area contributed by atoms with Gasteiger partial charge in [-0.1, -0.05) is 23.5 Å². The molecule has 0 atom stereocenters. The summed E-state index contributed by atoms with van der Waals surface area (Å²) >= 11 is 1.46. The first kappa shape index (κ1) is 15.3. The quantitative estimate of drug-likeness (QED) is 0.583. The Hall–Kier alpha value is -3.20. The Bertz CT molecular complexity index is 1030. The van der Waals surface area contributed by atoms with Gasteiger partial charge in [0.2, 0.25) is 17.0 Å². The highest BCUT2D eigenvalue weighted by Crippen LogP contribution is 2.27. The molecule has 2 heterocycles. The molecule has 4 rings (SSSR count). The van der Waals surface area contributed by atoms with Crippen LogP contribution in [0, 0.1) is 5.82 Å². The number of nitrogens with one attached hydrogen (secondary N) is 1. The number of halogens is 1. The molecule has 25 heavy (non-hydrogen) atoms. The van der Waals surface area contributed by atoms with E-state index < -0.39 is 5.82 Å². The highest BCUT2D eigenvalue weighted by atomic mass is 32.1. The average molecular weight is 356 g/mol. The molecule has 0 aliphatic rings. The lowest BCUT2D eigenvalue weighted by molar-refractivity contribution is 0.386. The van der Waals surface area contributed by atoms with Crippen molar-refractivity contribution >= 4 is 39.1 Å². The van der Waals surface area contributed by atoms with Gasteiger partial charge in [0.05, 0.1) is 17.3 Å². The molecule has 0 spiro atoms. The Balaban J connectivity index is 1.65. The number of aromatic nitrogens is 4. The molecular weight excluding hydrogens is 343 g/mol. The normalized spacial score (nSPS) is 11.0. The van der Waals surface area contributed by atoms with E-state index in [1.54, 1.807) is 6.07 Å². The summed E-state index contributed by atoms with van der Waals surface area (Å²) in [5.41, 5.74) is 7.30. The van der Waals surface area contributed by atoms with Crippen LogP contribution in [0.25, 0.3) is 15.3 Å². The van der Waals surface area contributed by atoms with Gasteiger partial charge in [0.15, 0.2) is 11.6 Å². The Morgan fingerprint density at radius 2 is 2.04 bits per heavy atom. The molecule has 2 aromatic carbocycles. The fraction of sp³-hybridized carbons (Fsp3) is 0.0625. The minimum Gasteiger partial charge on any atom is -0.494 e. The van der Waals surface area contributed by atoms with Crippen LogP contribution in [0.2, 0.25) is 0 Å². The molecule has 126 valence electrons.